The van der Waals surface area contributed by atoms with Gasteiger partial charge >= 0.3 is 0 Å². The van der Waals surface area contributed by atoms with Crippen LogP contribution in [0.1, 0.15) is 25.5 Å². The number of ether oxygens (including phenoxy) is 1. The van der Waals surface area contributed by atoms with Crippen LogP contribution in [0.3, 0.4) is 0 Å². The molecule has 6 nitrogen and oxygen atoms in total. The number of guanidine groups is 1. The molecule has 0 aromatic carbocycles. The molecule has 144 valence electrons. The number of rotatable bonds is 7. The Kier molecular flexibility index (Phi) is 10.4. The van der Waals surface area contributed by atoms with Crippen molar-refractivity contribution in [1.82, 2.24) is 15.6 Å². The second-order valence-corrected chi connectivity index (χ2v) is 8.17. The average Bonchev–Trinajstić information content (AvgIpc) is 3.07. The number of nitrogens with one attached hydrogen (secondary N) is 2. The molecule has 25 heavy (non-hydrogen) atoms. The van der Waals surface area contributed by atoms with Crippen molar-refractivity contribution in [3.05, 3.63) is 11.1 Å². The summed E-state index contributed by atoms with van der Waals surface area (Å²) < 4.78 is 5.75. The van der Waals surface area contributed by atoms with Crippen molar-refractivity contribution in [2.75, 3.05) is 51.6 Å². The van der Waals surface area contributed by atoms with Crippen LogP contribution >= 0.6 is 47.1 Å². The van der Waals surface area contributed by atoms with Crippen LogP contribution in [0.2, 0.25) is 0 Å². The molecular formula is C16H30IN5OS2. The Hall–Kier alpha value is -0.260. The molecule has 2 N–H and O–H groups in total. The normalized spacial score (nSPS) is 16.9. The van der Waals surface area contributed by atoms with E-state index in [0.29, 0.717) is 6.54 Å². The number of hydrogen-bond acceptors (Lipinski definition) is 6. The van der Waals surface area contributed by atoms with Crippen molar-refractivity contribution in [3.63, 3.8) is 0 Å². The summed E-state index contributed by atoms with van der Waals surface area (Å²) in [5.41, 5.74) is 1.01. The van der Waals surface area contributed by atoms with Gasteiger partial charge in [-0.2, -0.15) is 11.8 Å². The average molecular weight is 499 g/mol. The highest BCUT2D eigenvalue weighted by atomic mass is 127. The maximum atomic E-state index is 5.51. The third kappa shape index (κ3) is 7.10. The smallest absolute Gasteiger partial charge is 0.191 e. The predicted molar refractivity (Wildman–Crippen MR) is 121 cm³/mol. The molecular weight excluding hydrogens is 469 g/mol. The molecule has 1 aromatic rings. The molecule has 1 saturated heterocycles. The summed E-state index contributed by atoms with van der Waals surface area (Å²) in [5.74, 6) is 0.858. The number of hydrogen-bond donors (Lipinski definition) is 2. The SMILES string of the molecule is CCNC(=NCc1csc(N(C)C)n1)NCC1(SC)CCOCC1.I. The number of aliphatic imine (C=N–C) groups is 1. The fraction of sp³-hybridized carbons (Fsp3) is 0.750. The zero-order chi connectivity index (χ0) is 17.4. The van der Waals surface area contributed by atoms with E-state index in [1.807, 2.05) is 30.8 Å². The molecule has 1 fully saturated rings. The van der Waals surface area contributed by atoms with Crippen molar-refractivity contribution in [3.8, 4) is 0 Å². The molecule has 0 bridgehead atoms. The van der Waals surface area contributed by atoms with Gasteiger partial charge in [0.2, 0.25) is 0 Å². The van der Waals surface area contributed by atoms with Gasteiger partial charge < -0.3 is 20.3 Å². The molecule has 0 saturated carbocycles. The quantitative estimate of drug-likeness (QED) is 0.342. The van der Waals surface area contributed by atoms with Crippen LogP contribution in [-0.2, 0) is 11.3 Å². The van der Waals surface area contributed by atoms with Gasteiger partial charge in [-0.25, -0.2) is 9.98 Å². The van der Waals surface area contributed by atoms with Crippen LogP contribution in [-0.4, -0.2) is 62.3 Å². The molecule has 0 amide bonds. The highest BCUT2D eigenvalue weighted by molar-refractivity contribution is 14.0. The summed E-state index contributed by atoms with van der Waals surface area (Å²) in [6, 6.07) is 0. The Bertz CT molecular complexity index is 532. The largest absolute Gasteiger partial charge is 0.381 e. The van der Waals surface area contributed by atoms with E-state index in [9.17, 15) is 0 Å². The zero-order valence-corrected chi connectivity index (χ0v) is 19.5. The molecule has 0 aliphatic carbocycles. The lowest BCUT2D eigenvalue weighted by molar-refractivity contribution is 0.0783. The second kappa shape index (κ2) is 11.5. The van der Waals surface area contributed by atoms with E-state index in [0.717, 1.165) is 55.9 Å². The van der Waals surface area contributed by atoms with E-state index in [4.69, 9.17) is 4.74 Å². The van der Waals surface area contributed by atoms with Crippen LogP contribution in [0.25, 0.3) is 0 Å². The molecule has 0 radical (unpaired) electrons. The summed E-state index contributed by atoms with van der Waals surface area (Å²) >= 11 is 3.58. The van der Waals surface area contributed by atoms with Gasteiger partial charge in [0.1, 0.15) is 0 Å². The number of halogens is 1. The van der Waals surface area contributed by atoms with E-state index in [2.05, 4.69) is 39.2 Å². The van der Waals surface area contributed by atoms with E-state index < -0.39 is 0 Å². The highest BCUT2D eigenvalue weighted by Gasteiger charge is 2.31. The van der Waals surface area contributed by atoms with Gasteiger partial charge in [-0.15, -0.1) is 35.3 Å². The number of aromatic nitrogens is 1. The maximum absolute atomic E-state index is 5.51. The summed E-state index contributed by atoms with van der Waals surface area (Å²) in [6.07, 6.45) is 4.35. The zero-order valence-electron chi connectivity index (χ0n) is 15.5. The first-order valence-corrected chi connectivity index (χ1v) is 10.5. The van der Waals surface area contributed by atoms with Crippen molar-refractivity contribution < 1.29 is 4.74 Å². The molecule has 2 rings (SSSR count). The Labute approximate surface area is 176 Å². The second-order valence-electron chi connectivity index (χ2n) is 6.06. The lowest BCUT2D eigenvalue weighted by Gasteiger charge is -2.36. The van der Waals surface area contributed by atoms with Crippen molar-refractivity contribution >= 4 is 58.2 Å². The number of thioether (sulfide) groups is 1. The lowest BCUT2D eigenvalue weighted by Crippen LogP contribution is -2.47. The Balaban J connectivity index is 0.00000312. The van der Waals surface area contributed by atoms with Gasteiger partial charge in [-0.1, -0.05) is 0 Å². The molecule has 0 unspecified atom stereocenters. The van der Waals surface area contributed by atoms with Crippen LogP contribution in [0, 0.1) is 0 Å². The first-order valence-electron chi connectivity index (χ1n) is 8.35. The molecule has 1 aliphatic heterocycles. The highest BCUT2D eigenvalue weighted by Crippen LogP contribution is 2.32. The Morgan fingerprint density at radius 2 is 2.12 bits per heavy atom. The standard InChI is InChI=1S/C16H29N5OS2.HI/c1-5-17-14(18-10-13-11-24-15(20-13)21(2)3)19-12-16(23-4)6-8-22-9-7-16;/h11H,5-10,12H2,1-4H3,(H2,17,18,19);1H. The summed E-state index contributed by atoms with van der Waals surface area (Å²) in [5, 5.41) is 9.93. The van der Waals surface area contributed by atoms with E-state index >= 15 is 0 Å². The van der Waals surface area contributed by atoms with Crippen LogP contribution in [0.15, 0.2) is 10.4 Å². The Morgan fingerprint density at radius 1 is 1.40 bits per heavy atom. The third-order valence-electron chi connectivity index (χ3n) is 4.08. The minimum atomic E-state index is 0. The summed E-state index contributed by atoms with van der Waals surface area (Å²) in [6.45, 7) is 6.13. The fourth-order valence-corrected chi connectivity index (χ4v) is 4.06. The number of nitrogens with zero attached hydrogens (tertiary/aromatic N) is 3. The van der Waals surface area contributed by atoms with Gasteiger partial charge in [0.25, 0.3) is 0 Å². The monoisotopic (exact) mass is 499 g/mol. The molecule has 1 aromatic heterocycles. The summed E-state index contributed by atoms with van der Waals surface area (Å²) in [7, 11) is 4.01. The predicted octanol–water partition coefficient (Wildman–Crippen LogP) is 2.79. The van der Waals surface area contributed by atoms with Gasteiger partial charge in [-0.05, 0) is 26.0 Å². The number of anilines is 1. The van der Waals surface area contributed by atoms with Gasteiger partial charge in [0.15, 0.2) is 11.1 Å². The maximum Gasteiger partial charge on any atom is 0.191 e. The van der Waals surface area contributed by atoms with E-state index in [1.54, 1.807) is 11.3 Å². The van der Waals surface area contributed by atoms with E-state index in [1.165, 1.54) is 0 Å². The molecule has 2 heterocycles. The summed E-state index contributed by atoms with van der Waals surface area (Å²) in [4.78, 5) is 11.3. The minimum Gasteiger partial charge on any atom is -0.381 e. The van der Waals surface area contributed by atoms with Crippen molar-refractivity contribution in [2.45, 2.75) is 31.1 Å². The van der Waals surface area contributed by atoms with Crippen LogP contribution in [0.5, 0.6) is 0 Å². The first-order chi connectivity index (χ1) is 11.6. The Morgan fingerprint density at radius 3 is 2.68 bits per heavy atom. The third-order valence-corrected chi connectivity index (χ3v) is 6.56. The minimum absolute atomic E-state index is 0. The number of thiazole rings is 1. The lowest BCUT2D eigenvalue weighted by atomic mass is 9.99. The topological polar surface area (TPSA) is 61.8 Å². The first kappa shape index (κ1) is 22.8. The molecule has 9 heteroatoms. The molecule has 0 spiro atoms. The molecule has 1 aliphatic rings. The van der Waals surface area contributed by atoms with Crippen molar-refractivity contribution in [1.29, 1.82) is 0 Å². The fourth-order valence-electron chi connectivity index (χ4n) is 2.52. The van der Waals surface area contributed by atoms with Crippen LogP contribution in [0.4, 0.5) is 5.13 Å². The molecule has 0 atom stereocenters. The van der Waals surface area contributed by atoms with Crippen LogP contribution < -0.4 is 15.5 Å². The van der Waals surface area contributed by atoms with Gasteiger partial charge in [0.05, 0.1) is 12.2 Å². The van der Waals surface area contributed by atoms with E-state index in [-0.39, 0.29) is 28.7 Å². The van der Waals surface area contributed by atoms with Gasteiger partial charge in [0, 0.05) is 50.5 Å². The van der Waals surface area contributed by atoms with Gasteiger partial charge in [-0.3, -0.25) is 0 Å². The van der Waals surface area contributed by atoms with Crippen molar-refractivity contribution in [2.24, 2.45) is 4.99 Å².